The Bertz CT molecular complexity index is 1840. The molecule has 4 aromatic heterocycles. The smallest absolute Gasteiger partial charge is 0.212 e. The van der Waals surface area contributed by atoms with Crippen molar-refractivity contribution in [2.45, 2.75) is 25.3 Å². The normalized spacial score (nSPS) is 15.7. The highest BCUT2D eigenvalue weighted by molar-refractivity contribution is 6.13. The maximum atomic E-state index is 10.5. The van der Waals surface area contributed by atoms with Gasteiger partial charge in [0.1, 0.15) is 28.5 Å². The first kappa shape index (κ1) is 20.9. The number of aryl methyl sites for hydroxylation is 1. The molecule has 8 nitrogen and oxygen atoms in total. The predicted molar refractivity (Wildman–Crippen MR) is 137 cm³/mol. The molecule has 1 atom stereocenters. The fourth-order valence-corrected chi connectivity index (χ4v) is 5.94. The van der Waals surface area contributed by atoms with E-state index in [1.165, 1.54) is 0 Å². The Labute approximate surface area is 205 Å². The quantitative estimate of drug-likeness (QED) is 0.266. The van der Waals surface area contributed by atoms with Crippen LogP contribution in [0.3, 0.4) is 0 Å². The summed E-state index contributed by atoms with van der Waals surface area (Å²) in [4.78, 5) is 11.8. The molecule has 0 fully saturated rings. The van der Waals surface area contributed by atoms with Gasteiger partial charge in [-0.2, -0.15) is 4.57 Å². The van der Waals surface area contributed by atoms with Gasteiger partial charge < -0.3 is 29.7 Å². The average molecular weight is 482 g/mol. The third-order valence-electron chi connectivity index (χ3n) is 7.53. The molecule has 0 radical (unpaired) electrons. The number of para-hydroxylation sites is 2. The van der Waals surface area contributed by atoms with E-state index in [1.54, 1.807) is 32.5 Å². The summed E-state index contributed by atoms with van der Waals surface area (Å²) in [5.41, 5.74) is 5.22. The Morgan fingerprint density at radius 3 is 2.17 bits per heavy atom. The molecule has 0 saturated carbocycles. The number of benzene rings is 2. The minimum atomic E-state index is -0.0596. The summed E-state index contributed by atoms with van der Waals surface area (Å²) in [5, 5.41) is 24.7. The van der Waals surface area contributed by atoms with E-state index < -0.39 is 0 Å². The van der Waals surface area contributed by atoms with Crippen molar-refractivity contribution in [1.82, 2.24) is 15.0 Å². The van der Waals surface area contributed by atoms with Gasteiger partial charge >= 0.3 is 0 Å². The van der Waals surface area contributed by atoms with Gasteiger partial charge in [-0.1, -0.05) is 24.3 Å². The maximum absolute atomic E-state index is 10.5. The Kier molecular flexibility index (Phi) is 4.36. The highest BCUT2D eigenvalue weighted by Gasteiger charge is 2.36. The van der Waals surface area contributed by atoms with Crippen molar-refractivity contribution in [3.05, 3.63) is 60.2 Å². The lowest BCUT2D eigenvalue weighted by molar-refractivity contribution is -0.725. The van der Waals surface area contributed by atoms with Crippen LogP contribution in [0.15, 0.2) is 48.8 Å². The van der Waals surface area contributed by atoms with E-state index >= 15 is 0 Å². The molecule has 4 N–H and O–H groups in total. The number of phenolic OH excluding ortho intramolecular Hbond substituents is 2. The molecule has 0 unspecified atom stereocenters. The van der Waals surface area contributed by atoms with Crippen LogP contribution in [-0.4, -0.2) is 39.4 Å². The number of rotatable bonds is 3. The molecule has 2 aromatic carbocycles. The summed E-state index contributed by atoms with van der Waals surface area (Å²) in [6, 6.07) is 11.0. The monoisotopic (exact) mass is 481 g/mol. The summed E-state index contributed by atoms with van der Waals surface area (Å²) in [6.07, 6.45) is 6.58. The number of fused-ring (bicyclic) bond motifs is 8. The second-order valence-electron chi connectivity index (χ2n) is 9.32. The number of phenols is 2. The lowest BCUT2D eigenvalue weighted by Gasteiger charge is -2.21. The fourth-order valence-electron chi connectivity index (χ4n) is 5.94. The minimum absolute atomic E-state index is 0.0596. The Balaban J connectivity index is 1.54. The summed E-state index contributed by atoms with van der Waals surface area (Å²) in [7, 11) is 3.31. The van der Waals surface area contributed by atoms with Gasteiger partial charge in [-0.05, 0) is 18.6 Å². The van der Waals surface area contributed by atoms with Gasteiger partial charge in [-0.3, -0.25) is 0 Å². The Morgan fingerprint density at radius 1 is 0.861 bits per heavy atom. The lowest BCUT2D eigenvalue weighted by atomic mass is 9.95. The van der Waals surface area contributed by atoms with Gasteiger partial charge in [0.2, 0.25) is 17.9 Å². The molecule has 5 heterocycles. The van der Waals surface area contributed by atoms with Crippen LogP contribution in [0.25, 0.3) is 43.6 Å². The van der Waals surface area contributed by atoms with Gasteiger partial charge in [-0.15, -0.1) is 0 Å². The average Bonchev–Trinajstić information content (AvgIpc) is 3.49. The third-order valence-corrected chi connectivity index (χ3v) is 7.53. The number of nitrogens with one attached hydrogen (secondary N) is 2. The number of aromatic hydroxyl groups is 2. The van der Waals surface area contributed by atoms with E-state index in [0.29, 0.717) is 16.8 Å². The molecule has 7 rings (SSSR count). The zero-order valence-electron chi connectivity index (χ0n) is 19.9. The van der Waals surface area contributed by atoms with Crippen LogP contribution in [0.1, 0.15) is 30.3 Å². The van der Waals surface area contributed by atoms with Crippen molar-refractivity contribution < 1.29 is 24.3 Å². The van der Waals surface area contributed by atoms with Gasteiger partial charge in [0.15, 0.2) is 5.75 Å². The van der Waals surface area contributed by atoms with Crippen LogP contribution in [0.4, 0.5) is 0 Å². The fraction of sp³-hybridized carbons (Fsp3) is 0.214. The van der Waals surface area contributed by atoms with E-state index in [1.807, 2.05) is 24.3 Å². The number of nitrogens with zero attached hydrogens (tertiary/aromatic N) is 2. The van der Waals surface area contributed by atoms with Crippen LogP contribution in [-0.2, 0) is 6.42 Å². The number of hydrogen-bond acceptors (Lipinski definition) is 5. The number of aromatic nitrogens is 4. The zero-order valence-corrected chi connectivity index (χ0v) is 19.9. The number of ether oxygens (including phenoxy) is 2. The summed E-state index contributed by atoms with van der Waals surface area (Å²) < 4.78 is 13.8. The molecule has 0 spiro atoms. The lowest BCUT2D eigenvalue weighted by Crippen LogP contribution is -2.47. The van der Waals surface area contributed by atoms with Crippen LogP contribution in [0, 0.1) is 0 Å². The Morgan fingerprint density at radius 2 is 1.50 bits per heavy atom. The first-order valence-electron chi connectivity index (χ1n) is 12.0. The molecular formula is C28H25N4O4+. The largest absolute Gasteiger partial charge is 0.506 e. The van der Waals surface area contributed by atoms with E-state index in [0.717, 1.165) is 69.0 Å². The van der Waals surface area contributed by atoms with Gasteiger partial charge in [0, 0.05) is 23.6 Å². The number of hydrogen-bond donors (Lipinski definition) is 4. The first-order chi connectivity index (χ1) is 17.6. The Hall–Kier alpha value is -4.46. The van der Waals surface area contributed by atoms with Crippen molar-refractivity contribution in [1.29, 1.82) is 0 Å². The van der Waals surface area contributed by atoms with Crippen molar-refractivity contribution in [3.63, 3.8) is 0 Å². The molecule has 8 heteroatoms. The molecule has 1 aliphatic heterocycles. The molecule has 1 aliphatic rings. The standard InChI is InChI=1S/C28H24N4O4/c1-35-20-12-29-27(28-22(20)14-6-3-11-19(34)25(14)31-28)17-9-5-8-16-26-23(21(36-2)13-32(16)17)15-7-4-10-18(33)24(15)30-26/h3-4,6-7,10-13,17H,5,8-9H2,1-2H3,(H3,29,31,33,34)/p+1/t17-/m0/s1. The number of methoxy groups -OCH3 is 2. The van der Waals surface area contributed by atoms with Crippen molar-refractivity contribution in [3.8, 4) is 23.0 Å². The van der Waals surface area contributed by atoms with E-state index in [4.69, 9.17) is 14.5 Å². The second-order valence-corrected chi connectivity index (χ2v) is 9.32. The van der Waals surface area contributed by atoms with Gasteiger partial charge in [0.05, 0.1) is 47.7 Å². The molecule has 0 aliphatic carbocycles. The van der Waals surface area contributed by atoms with E-state index in [2.05, 4.69) is 20.7 Å². The third kappa shape index (κ3) is 2.69. The van der Waals surface area contributed by atoms with Crippen LogP contribution < -0.4 is 14.0 Å². The van der Waals surface area contributed by atoms with E-state index in [9.17, 15) is 10.2 Å². The van der Waals surface area contributed by atoms with Crippen molar-refractivity contribution >= 4 is 43.6 Å². The summed E-state index contributed by atoms with van der Waals surface area (Å²) in [6.45, 7) is 0. The van der Waals surface area contributed by atoms with Crippen LogP contribution in [0.2, 0.25) is 0 Å². The number of aromatic amines is 2. The van der Waals surface area contributed by atoms with Gasteiger partial charge in [-0.25, -0.2) is 4.98 Å². The number of H-pyrrole nitrogens is 2. The molecule has 6 aromatic rings. The molecule has 0 saturated heterocycles. The maximum Gasteiger partial charge on any atom is 0.212 e. The van der Waals surface area contributed by atoms with E-state index in [-0.39, 0.29) is 17.5 Å². The second kappa shape index (κ2) is 7.52. The first-order valence-corrected chi connectivity index (χ1v) is 12.0. The summed E-state index contributed by atoms with van der Waals surface area (Å²) >= 11 is 0. The molecular weight excluding hydrogens is 456 g/mol. The molecule has 180 valence electrons. The number of pyridine rings is 2. The summed E-state index contributed by atoms with van der Waals surface area (Å²) in [5.74, 6) is 1.80. The topological polar surface area (TPSA) is 107 Å². The van der Waals surface area contributed by atoms with Crippen molar-refractivity contribution in [2.24, 2.45) is 0 Å². The SMILES string of the molecule is COc1cnc([C@@H]2CCCc3c4[nH]c5c(O)cccc5c4c(OC)c[n+]32)c2[nH]c3c(O)cccc3c12. The van der Waals surface area contributed by atoms with Crippen molar-refractivity contribution in [2.75, 3.05) is 14.2 Å². The molecule has 36 heavy (non-hydrogen) atoms. The van der Waals surface area contributed by atoms with Crippen LogP contribution >= 0.6 is 0 Å². The molecule has 0 amide bonds. The van der Waals surface area contributed by atoms with Gasteiger partial charge in [0.25, 0.3) is 0 Å². The predicted octanol–water partition coefficient (Wildman–Crippen LogP) is 4.99. The van der Waals surface area contributed by atoms with Crippen LogP contribution in [0.5, 0.6) is 23.0 Å². The zero-order chi connectivity index (χ0) is 24.6. The highest BCUT2D eigenvalue weighted by Crippen LogP contribution is 2.42. The molecule has 0 bridgehead atoms. The highest BCUT2D eigenvalue weighted by atomic mass is 16.5. The minimum Gasteiger partial charge on any atom is -0.506 e.